The van der Waals surface area contributed by atoms with Gasteiger partial charge in [-0.25, -0.2) is 19.2 Å². The van der Waals surface area contributed by atoms with Crippen LogP contribution in [0.15, 0.2) is 97.6 Å². The van der Waals surface area contributed by atoms with E-state index in [1.807, 2.05) is 0 Å². The molecule has 0 spiro atoms. The van der Waals surface area contributed by atoms with E-state index in [1.165, 1.54) is 24.3 Å². The summed E-state index contributed by atoms with van der Waals surface area (Å²) >= 11 is 0. The van der Waals surface area contributed by atoms with E-state index in [1.54, 1.807) is 48.5 Å². The standard InChI is InChI=1S/C38H40F2O10/c1-27(39)35(41)47-25-9-5-3-7-23-45-31-15-11-29(12-16-31)37(43)49-33-19-21-34(22-20-33)50-38(44)30-13-17-32(18-14-30)46-24-8-4-6-10-26-48-36(42)28(2)40/h11-22H,1-10,23-26H2. The van der Waals surface area contributed by atoms with Crippen molar-refractivity contribution in [1.29, 1.82) is 0 Å². The first-order valence-corrected chi connectivity index (χ1v) is 16.2. The van der Waals surface area contributed by atoms with Crippen molar-refractivity contribution in [2.45, 2.75) is 51.4 Å². The summed E-state index contributed by atoms with van der Waals surface area (Å²) in [7, 11) is 0. The van der Waals surface area contributed by atoms with Gasteiger partial charge in [-0.05, 0) is 124 Å². The van der Waals surface area contributed by atoms with E-state index in [4.69, 9.17) is 28.4 Å². The first kappa shape index (κ1) is 38.9. The number of ether oxygens (including phenoxy) is 6. The highest BCUT2D eigenvalue weighted by atomic mass is 19.1. The number of hydrogen-bond donors (Lipinski definition) is 0. The zero-order valence-electron chi connectivity index (χ0n) is 27.7. The molecule has 12 heteroatoms. The minimum absolute atomic E-state index is 0.142. The lowest BCUT2D eigenvalue weighted by Crippen LogP contribution is -2.10. The first-order valence-electron chi connectivity index (χ1n) is 16.2. The molecule has 266 valence electrons. The van der Waals surface area contributed by atoms with Gasteiger partial charge in [-0.1, -0.05) is 13.2 Å². The SMILES string of the molecule is C=C(F)C(=O)OCCCCCCOc1ccc(C(=O)Oc2ccc(OC(=O)c3ccc(OCCCCCCOC(=O)C(=C)F)cc3)cc2)cc1. The van der Waals surface area contributed by atoms with E-state index in [0.29, 0.717) is 48.7 Å². The number of rotatable bonds is 22. The van der Waals surface area contributed by atoms with Crippen molar-refractivity contribution in [3.05, 3.63) is 109 Å². The number of halogens is 2. The fourth-order valence-corrected chi connectivity index (χ4v) is 4.26. The van der Waals surface area contributed by atoms with Crippen molar-refractivity contribution >= 4 is 23.9 Å². The Hall–Kier alpha value is -5.52. The van der Waals surface area contributed by atoms with Gasteiger partial charge < -0.3 is 28.4 Å². The third-order valence-corrected chi connectivity index (χ3v) is 6.95. The van der Waals surface area contributed by atoms with Crippen LogP contribution in [0.4, 0.5) is 8.78 Å². The average molecular weight is 695 g/mol. The summed E-state index contributed by atoms with van der Waals surface area (Å²) in [5.41, 5.74) is 0.654. The lowest BCUT2D eigenvalue weighted by Gasteiger charge is -2.09. The van der Waals surface area contributed by atoms with Crippen molar-refractivity contribution < 1.29 is 56.4 Å². The number of carbonyl (C=O) groups excluding carboxylic acids is 4. The molecule has 3 aromatic rings. The first-order chi connectivity index (χ1) is 24.1. The third-order valence-electron chi connectivity index (χ3n) is 6.95. The fourth-order valence-electron chi connectivity index (χ4n) is 4.26. The van der Waals surface area contributed by atoms with Gasteiger partial charge in [0.25, 0.3) is 0 Å². The predicted molar refractivity (Wildman–Crippen MR) is 180 cm³/mol. The highest BCUT2D eigenvalue weighted by Crippen LogP contribution is 2.22. The highest BCUT2D eigenvalue weighted by molar-refractivity contribution is 5.92. The molecular weight excluding hydrogens is 654 g/mol. The summed E-state index contributed by atoms with van der Waals surface area (Å²) in [5, 5.41) is 0. The molecule has 0 aliphatic heterocycles. The molecule has 10 nitrogen and oxygen atoms in total. The van der Waals surface area contributed by atoms with Crippen molar-refractivity contribution in [1.82, 2.24) is 0 Å². The van der Waals surface area contributed by atoms with Crippen molar-refractivity contribution in [3.63, 3.8) is 0 Å². The van der Waals surface area contributed by atoms with Gasteiger partial charge in [0.1, 0.15) is 23.0 Å². The quantitative estimate of drug-likeness (QED) is 0.0442. The molecule has 3 aromatic carbocycles. The van der Waals surface area contributed by atoms with Crippen LogP contribution in [0.5, 0.6) is 23.0 Å². The van der Waals surface area contributed by atoms with Crippen LogP contribution in [0.2, 0.25) is 0 Å². The summed E-state index contributed by atoms with van der Waals surface area (Å²) in [6.45, 7) is 6.98. The van der Waals surface area contributed by atoms with Crippen LogP contribution in [0.1, 0.15) is 72.1 Å². The number of esters is 4. The van der Waals surface area contributed by atoms with E-state index >= 15 is 0 Å². The van der Waals surface area contributed by atoms with Crippen LogP contribution in [0.3, 0.4) is 0 Å². The molecule has 0 fully saturated rings. The smallest absolute Gasteiger partial charge is 0.366 e. The Balaban J connectivity index is 1.30. The Bertz CT molecular complexity index is 1450. The van der Waals surface area contributed by atoms with E-state index in [2.05, 4.69) is 13.2 Å². The maximum absolute atomic E-state index is 12.6. The van der Waals surface area contributed by atoms with Gasteiger partial charge in [0, 0.05) is 0 Å². The lowest BCUT2D eigenvalue weighted by atomic mass is 10.2. The number of unbranched alkanes of at least 4 members (excludes halogenated alkanes) is 6. The van der Waals surface area contributed by atoms with Gasteiger partial charge in [-0.3, -0.25) is 0 Å². The highest BCUT2D eigenvalue weighted by Gasteiger charge is 2.12. The molecule has 0 radical (unpaired) electrons. The maximum Gasteiger partial charge on any atom is 0.366 e. The second-order valence-corrected chi connectivity index (χ2v) is 10.9. The summed E-state index contributed by atoms with van der Waals surface area (Å²) in [6, 6.07) is 19.1. The molecule has 0 aromatic heterocycles. The maximum atomic E-state index is 12.6. The molecule has 0 aliphatic rings. The molecule has 0 saturated carbocycles. The van der Waals surface area contributed by atoms with Gasteiger partial charge in [-0.2, -0.15) is 8.78 Å². The largest absolute Gasteiger partial charge is 0.494 e. The Morgan fingerprint density at radius 2 is 0.740 bits per heavy atom. The second-order valence-electron chi connectivity index (χ2n) is 10.9. The molecule has 0 amide bonds. The normalized spacial score (nSPS) is 10.4. The number of carbonyl (C=O) groups is 4. The Kier molecular flexibility index (Phi) is 16.7. The third kappa shape index (κ3) is 14.7. The topological polar surface area (TPSA) is 124 Å². The van der Waals surface area contributed by atoms with Crippen LogP contribution in [0.25, 0.3) is 0 Å². The molecule has 0 unspecified atom stereocenters. The molecule has 0 atom stereocenters. The molecule has 0 aliphatic carbocycles. The summed E-state index contributed by atoms with van der Waals surface area (Å²) in [5.74, 6) is -3.66. The Morgan fingerprint density at radius 3 is 1.06 bits per heavy atom. The molecular formula is C38H40F2O10. The van der Waals surface area contributed by atoms with Crippen LogP contribution < -0.4 is 18.9 Å². The van der Waals surface area contributed by atoms with Gasteiger partial charge >= 0.3 is 23.9 Å². The second kappa shape index (κ2) is 21.5. The molecule has 0 N–H and O–H groups in total. The fraction of sp³-hybridized carbons (Fsp3) is 0.316. The Morgan fingerprint density at radius 1 is 0.440 bits per heavy atom. The van der Waals surface area contributed by atoms with Crippen LogP contribution in [0, 0.1) is 0 Å². The van der Waals surface area contributed by atoms with Gasteiger partial charge in [-0.15, -0.1) is 0 Å². The number of benzene rings is 3. The summed E-state index contributed by atoms with van der Waals surface area (Å²) < 4.78 is 56.7. The van der Waals surface area contributed by atoms with Gasteiger partial charge in [0.15, 0.2) is 0 Å². The van der Waals surface area contributed by atoms with Crippen LogP contribution >= 0.6 is 0 Å². The zero-order valence-corrected chi connectivity index (χ0v) is 27.7. The molecule has 0 saturated heterocycles. The minimum atomic E-state index is -1.10. The molecule has 3 rings (SSSR count). The van der Waals surface area contributed by atoms with Crippen molar-refractivity contribution in [2.24, 2.45) is 0 Å². The van der Waals surface area contributed by atoms with Crippen molar-refractivity contribution in [3.8, 4) is 23.0 Å². The predicted octanol–water partition coefficient (Wildman–Crippen LogP) is 8.06. The van der Waals surface area contributed by atoms with Gasteiger partial charge in [0.2, 0.25) is 11.7 Å². The minimum Gasteiger partial charge on any atom is -0.494 e. The zero-order chi connectivity index (χ0) is 36.1. The molecule has 50 heavy (non-hydrogen) atoms. The van der Waals surface area contributed by atoms with E-state index < -0.39 is 35.5 Å². The van der Waals surface area contributed by atoms with E-state index in [-0.39, 0.29) is 24.7 Å². The monoisotopic (exact) mass is 694 g/mol. The van der Waals surface area contributed by atoms with Gasteiger partial charge in [0.05, 0.1) is 37.6 Å². The Labute approximate surface area is 289 Å². The van der Waals surface area contributed by atoms with E-state index in [0.717, 1.165) is 38.5 Å². The van der Waals surface area contributed by atoms with Crippen molar-refractivity contribution in [2.75, 3.05) is 26.4 Å². The van der Waals surface area contributed by atoms with E-state index in [9.17, 15) is 28.0 Å². The average Bonchev–Trinajstić information content (AvgIpc) is 3.11. The van der Waals surface area contributed by atoms with Crippen LogP contribution in [-0.2, 0) is 19.1 Å². The number of hydrogen-bond acceptors (Lipinski definition) is 10. The summed E-state index contributed by atoms with van der Waals surface area (Å²) in [6.07, 6.45) is 6.06. The lowest BCUT2D eigenvalue weighted by molar-refractivity contribution is -0.141. The molecule has 0 bridgehead atoms. The van der Waals surface area contributed by atoms with Crippen LogP contribution in [-0.4, -0.2) is 50.3 Å². The molecule has 0 heterocycles. The summed E-state index contributed by atoms with van der Waals surface area (Å²) in [4.78, 5) is 47.1.